The fraction of sp³-hybridized carbons (Fsp3) is 0.368. The molecule has 1 aromatic rings. The summed E-state index contributed by atoms with van der Waals surface area (Å²) in [5.41, 5.74) is 1.49. The molecule has 2 N–H and O–H groups in total. The third-order valence-electron chi connectivity index (χ3n) is 3.48. The molecule has 134 valence electrons. The van der Waals surface area contributed by atoms with Gasteiger partial charge >= 0.3 is 0 Å². The van der Waals surface area contributed by atoms with Crippen LogP contribution in [0.2, 0.25) is 0 Å². The van der Waals surface area contributed by atoms with Crippen molar-refractivity contribution in [2.75, 3.05) is 24.5 Å². The second-order valence-electron chi connectivity index (χ2n) is 5.62. The van der Waals surface area contributed by atoms with Crippen LogP contribution in [0.4, 0.5) is 5.69 Å². The lowest BCUT2D eigenvalue weighted by Crippen LogP contribution is -2.31. The van der Waals surface area contributed by atoms with Gasteiger partial charge in [0.05, 0.1) is 31.1 Å². The van der Waals surface area contributed by atoms with E-state index in [0.29, 0.717) is 31.5 Å². The Balaban J connectivity index is 2.89. The normalized spacial score (nSPS) is 11.6. The Labute approximate surface area is 153 Å². The number of carbonyl (C=O) groups is 1. The van der Waals surface area contributed by atoms with Crippen LogP contribution in [-0.2, 0) is 4.79 Å². The molecular formula is C19H21N5O2. The minimum atomic E-state index is -0.689. The lowest BCUT2D eigenvalue weighted by atomic mass is 10.1. The van der Waals surface area contributed by atoms with Crippen LogP contribution in [-0.4, -0.2) is 36.8 Å². The molecule has 0 radical (unpaired) electrons. The summed E-state index contributed by atoms with van der Waals surface area (Å²) in [4.78, 5) is 13.9. The molecule has 1 atom stereocenters. The van der Waals surface area contributed by atoms with E-state index in [9.17, 15) is 9.90 Å². The Hall–Kier alpha value is -3.34. The molecule has 1 unspecified atom stereocenters. The van der Waals surface area contributed by atoms with E-state index in [1.807, 2.05) is 23.1 Å². The van der Waals surface area contributed by atoms with E-state index in [1.54, 1.807) is 19.1 Å². The van der Waals surface area contributed by atoms with Crippen LogP contribution in [0.15, 0.2) is 29.8 Å². The maximum absolute atomic E-state index is 11.9. The summed E-state index contributed by atoms with van der Waals surface area (Å²) in [5.74, 6) is -0.540. The number of nitrogens with zero attached hydrogens (tertiary/aromatic N) is 4. The number of rotatable bonds is 9. The van der Waals surface area contributed by atoms with Crippen molar-refractivity contribution in [2.45, 2.75) is 25.9 Å². The Kier molecular flexibility index (Phi) is 8.96. The first-order valence-electron chi connectivity index (χ1n) is 8.18. The zero-order chi connectivity index (χ0) is 19.4. The summed E-state index contributed by atoms with van der Waals surface area (Å²) in [6.07, 6.45) is 1.49. The second-order valence-corrected chi connectivity index (χ2v) is 5.62. The van der Waals surface area contributed by atoms with Crippen LogP contribution in [0.1, 0.15) is 25.3 Å². The molecule has 0 aromatic heterocycles. The average Bonchev–Trinajstić information content (AvgIpc) is 2.65. The highest BCUT2D eigenvalue weighted by Gasteiger charge is 2.10. The van der Waals surface area contributed by atoms with Gasteiger partial charge in [-0.1, -0.05) is 12.1 Å². The molecule has 26 heavy (non-hydrogen) atoms. The molecule has 0 aliphatic carbocycles. The van der Waals surface area contributed by atoms with Crippen LogP contribution in [0.5, 0.6) is 0 Å². The Morgan fingerprint density at radius 2 is 1.77 bits per heavy atom. The summed E-state index contributed by atoms with van der Waals surface area (Å²) < 4.78 is 0. The van der Waals surface area contributed by atoms with Gasteiger partial charge in [0.25, 0.3) is 5.91 Å². The first-order valence-corrected chi connectivity index (χ1v) is 8.18. The lowest BCUT2D eigenvalue weighted by Gasteiger charge is -2.22. The van der Waals surface area contributed by atoms with E-state index in [-0.39, 0.29) is 12.1 Å². The van der Waals surface area contributed by atoms with E-state index in [0.717, 1.165) is 5.69 Å². The minimum absolute atomic E-state index is 0.0517. The predicted octanol–water partition coefficient (Wildman–Crippen LogP) is 1.72. The van der Waals surface area contributed by atoms with Gasteiger partial charge < -0.3 is 15.3 Å². The van der Waals surface area contributed by atoms with Gasteiger partial charge in [-0.15, -0.1) is 0 Å². The van der Waals surface area contributed by atoms with Crippen LogP contribution >= 0.6 is 0 Å². The standard InChI is InChI=1S/C19H21N5O2/c1-15(25)14-23-19(26)17(13-22)12-16-4-6-18(7-5-16)24(10-2-8-20)11-3-9-21/h4-7,12,15,25H,2-3,10-11,14H2,1H3,(H,23,26). The molecule has 1 amide bonds. The van der Waals surface area contributed by atoms with Crippen LogP contribution in [0, 0.1) is 34.0 Å². The van der Waals surface area contributed by atoms with Crippen molar-refractivity contribution in [3.05, 3.63) is 35.4 Å². The summed E-state index contributed by atoms with van der Waals surface area (Å²) in [6, 6.07) is 13.2. The zero-order valence-corrected chi connectivity index (χ0v) is 14.6. The van der Waals surface area contributed by atoms with E-state index >= 15 is 0 Å². The van der Waals surface area contributed by atoms with Gasteiger partial charge in [0.1, 0.15) is 11.6 Å². The van der Waals surface area contributed by atoms with Crippen molar-refractivity contribution in [1.29, 1.82) is 15.8 Å². The van der Waals surface area contributed by atoms with Gasteiger partial charge in [0.2, 0.25) is 0 Å². The summed E-state index contributed by atoms with van der Waals surface area (Å²) in [6.45, 7) is 2.67. The number of nitrogens with one attached hydrogen (secondary N) is 1. The molecule has 7 nitrogen and oxygen atoms in total. The number of anilines is 1. The Morgan fingerprint density at radius 1 is 1.19 bits per heavy atom. The third kappa shape index (κ3) is 7.05. The second kappa shape index (κ2) is 11.3. The largest absolute Gasteiger partial charge is 0.392 e. The lowest BCUT2D eigenvalue weighted by molar-refractivity contribution is -0.117. The molecule has 1 rings (SSSR count). The molecule has 1 aromatic carbocycles. The van der Waals surface area contributed by atoms with E-state index in [1.165, 1.54) is 6.08 Å². The van der Waals surface area contributed by atoms with Gasteiger partial charge in [-0.05, 0) is 30.7 Å². The highest BCUT2D eigenvalue weighted by molar-refractivity contribution is 6.01. The van der Waals surface area contributed by atoms with Crippen molar-refractivity contribution in [2.24, 2.45) is 0 Å². The predicted molar refractivity (Wildman–Crippen MR) is 97.4 cm³/mol. The molecule has 0 heterocycles. The number of amides is 1. The van der Waals surface area contributed by atoms with E-state index < -0.39 is 12.0 Å². The highest BCUT2D eigenvalue weighted by atomic mass is 16.3. The monoisotopic (exact) mass is 351 g/mol. The molecule has 7 heteroatoms. The fourth-order valence-electron chi connectivity index (χ4n) is 2.17. The first-order chi connectivity index (χ1) is 12.5. The van der Waals surface area contributed by atoms with Crippen molar-refractivity contribution in [3.63, 3.8) is 0 Å². The fourth-order valence-corrected chi connectivity index (χ4v) is 2.17. The summed E-state index contributed by atoms with van der Waals surface area (Å²) in [7, 11) is 0. The topological polar surface area (TPSA) is 124 Å². The van der Waals surface area contributed by atoms with Crippen LogP contribution < -0.4 is 10.2 Å². The number of aliphatic hydroxyl groups excluding tert-OH is 1. The van der Waals surface area contributed by atoms with Gasteiger partial charge in [-0.3, -0.25) is 4.79 Å². The zero-order valence-electron chi connectivity index (χ0n) is 14.6. The van der Waals surface area contributed by atoms with Crippen molar-refractivity contribution in [1.82, 2.24) is 5.32 Å². The third-order valence-corrected chi connectivity index (χ3v) is 3.48. The number of carbonyl (C=O) groups excluding carboxylic acids is 1. The molecule has 0 bridgehead atoms. The molecule has 0 aliphatic heterocycles. The SMILES string of the molecule is CC(O)CNC(=O)C(C#N)=Cc1ccc(N(CCC#N)CCC#N)cc1. The summed E-state index contributed by atoms with van der Waals surface area (Å²) >= 11 is 0. The number of hydrogen-bond donors (Lipinski definition) is 2. The number of aliphatic hydroxyl groups is 1. The van der Waals surface area contributed by atoms with Gasteiger partial charge in [0.15, 0.2) is 0 Å². The maximum Gasteiger partial charge on any atom is 0.262 e. The Morgan fingerprint density at radius 3 is 2.23 bits per heavy atom. The molecule has 0 saturated carbocycles. The molecule has 0 spiro atoms. The molecule has 0 fully saturated rings. The van der Waals surface area contributed by atoms with Gasteiger partial charge in [0, 0.05) is 25.3 Å². The highest BCUT2D eigenvalue weighted by Crippen LogP contribution is 2.18. The summed E-state index contributed by atoms with van der Waals surface area (Å²) in [5, 5.41) is 38.3. The van der Waals surface area contributed by atoms with Crippen molar-refractivity contribution >= 4 is 17.7 Å². The van der Waals surface area contributed by atoms with E-state index in [4.69, 9.17) is 15.8 Å². The number of hydrogen-bond acceptors (Lipinski definition) is 6. The van der Waals surface area contributed by atoms with Crippen LogP contribution in [0.25, 0.3) is 6.08 Å². The smallest absolute Gasteiger partial charge is 0.262 e. The van der Waals surface area contributed by atoms with Gasteiger partial charge in [-0.2, -0.15) is 15.8 Å². The minimum Gasteiger partial charge on any atom is -0.392 e. The van der Waals surface area contributed by atoms with E-state index in [2.05, 4.69) is 17.5 Å². The molecular weight excluding hydrogens is 330 g/mol. The van der Waals surface area contributed by atoms with Crippen molar-refractivity contribution < 1.29 is 9.90 Å². The Bertz CT molecular complexity index is 730. The van der Waals surface area contributed by atoms with Crippen LogP contribution in [0.3, 0.4) is 0 Å². The quantitative estimate of drug-likeness (QED) is 0.516. The number of nitriles is 3. The van der Waals surface area contributed by atoms with Gasteiger partial charge in [-0.25, -0.2) is 0 Å². The molecule has 0 aliphatic rings. The molecule has 0 saturated heterocycles. The number of benzene rings is 1. The van der Waals surface area contributed by atoms with Crippen molar-refractivity contribution in [3.8, 4) is 18.2 Å². The first kappa shape index (κ1) is 20.7. The maximum atomic E-state index is 11.9. The average molecular weight is 351 g/mol.